The zero-order valence-corrected chi connectivity index (χ0v) is 6.60. The Bertz CT molecular complexity index is 271. The molecular formula is C8H7O2S. The van der Waals surface area contributed by atoms with Gasteiger partial charge in [0, 0.05) is 11.2 Å². The Labute approximate surface area is 69.2 Å². The van der Waals surface area contributed by atoms with E-state index in [1.165, 1.54) is 11.8 Å². The van der Waals surface area contributed by atoms with Crippen molar-refractivity contribution in [1.29, 1.82) is 0 Å². The van der Waals surface area contributed by atoms with Crippen molar-refractivity contribution in [1.82, 2.24) is 0 Å². The maximum absolute atomic E-state index is 10.4. The molecule has 1 radical (unpaired) electrons. The van der Waals surface area contributed by atoms with Gasteiger partial charge in [0.2, 0.25) is 0 Å². The predicted octanol–water partition coefficient (Wildman–Crippen LogP) is 2.27. The van der Waals surface area contributed by atoms with E-state index in [0.29, 0.717) is 5.56 Å². The number of aromatic carboxylic acids is 1. The normalized spacial score (nSPS) is 9.55. The molecule has 0 atom stereocenters. The van der Waals surface area contributed by atoms with E-state index in [1.54, 1.807) is 18.2 Å². The van der Waals surface area contributed by atoms with Crippen LogP contribution in [0.3, 0.4) is 0 Å². The number of carboxylic acid groups (broad SMARTS) is 1. The van der Waals surface area contributed by atoms with Crippen molar-refractivity contribution in [3.8, 4) is 0 Å². The molecule has 0 aliphatic heterocycles. The van der Waals surface area contributed by atoms with Gasteiger partial charge in [-0.15, -0.1) is 11.8 Å². The van der Waals surface area contributed by atoms with Gasteiger partial charge in [0.1, 0.15) is 0 Å². The lowest BCUT2D eigenvalue weighted by Crippen LogP contribution is -1.94. The van der Waals surface area contributed by atoms with Crippen molar-refractivity contribution in [3.05, 3.63) is 36.1 Å². The molecule has 0 saturated heterocycles. The molecular weight excluding hydrogens is 160 g/mol. The highest BCUT2D eigenvalue weighted by Crippen LogP contribution is 2.16. The molecule has 2 nitrogen and oxygen atoms in total. The molecule has 0 aliphatic rings. The van der Waals surface area contributed by atoms with Gasteiger partial charge in [-0.1, -0.05) is 6.07 Å². The maximum atomic E-state index is 10.4. The van der Waals surface area contributed by atoms with Crippen LogP contribution in [0.1, 0.15) is 10.4 Å². The Morgan fingerprint density at radius 2 is 2.27 bits per heavy atom. The molecule has 1 aromatic carbocycles. The fourth-order valence-corrected chi connectivity index (χ4v) is 1.10. The number of benzene rings is 1. The average molecular weight is 167 g/mol. The van der Waals surface area contributed by atoms with Crippen LogP contribution in [0.2, 0.25) is 0 Å². The Hall–Kier alpha value is -0.960. The predicted molar refractivity (Wildman–Crippen MR) is 44.6 cm³/mol. The van der Waals surface area contributed by atoms with Gasteiger partial charge in [0.15, 0.2) is 0 Å². The van der Waals surface area contributed by atoms with Crippen LogP contribution in [0.4, 0.5) is 0 Å². The second-order valence-electron chi connectivity index (χ2n) is 1.98. The second kappa shape index (κ2) is 3.44. The van der Waals surface area contributed by atoms with Gasteiger partial charge in [-0.25, -0.2) is 4.79 Å². The van der Waals surface area contributed by atoms with Crippen molar-refractivity contribution in [3.63, 3.8) is 0 Å². The summed E-state index contributed by atoms with van der Waals surface area (Å²) in [6.45, 7) is 0. The Kier molecular flexibility index (Phi) is 2.54. The SMILES string of the molecule is [CH2]Sc1cccc(C(=O)O)c1. The third-order valence-electron chi connectivity index (χ3n) is 1.25. The number of hydrogen-bond acceptors (Lipinski definition) is 2. The molecule has 0 aromatic heterocycles. The molecule has 0 bridgehead atoms. The largest absolute Gasteiger partial charge is 0.478 e. The first-order valence-corrected chi connectivity index (χ1v) is 3.98. The zero-order chi connectivity index (χ0) is 8.27. The van der Waals surface area contributed by atoms with E-state index in [-0.39, 0.29) is 0 Å². The fraction of sp³-hybridized carbons (Fsp3) is 0. The topological polar surface area (TPSA) is 37.3 Å². The number of hydrogen-bond donors (Lipinski definition) is 1. The number of carbonyl (C=O) groups is 1. The van der Waals surface area contributed by atoms with Crippen molar-refractivity contribution in [2.24, 2.45) is 0 Å². The van der Waals surface area contributed by atoms with Crippen LogP contribution in [0, 0.1) is 6.26 Å². The molecule has 0 spiro atoms. The lowest BCUT2D eigenvalue weighted by Gasteiger charge is -1.96. The third-order valence-corrected chi connectivity index (χ3v) is 1.83. The summed E-state index contributed by atoms with van der Waals surface area (Å²) in [5.41, 5.74) is 0.304. The maximum Gasteiger partial charge on any atom is 0.335 e. The highest BCUT2D eigenvalue weighted by Gasteiger charge is 2.01. The van der Waals surface area contributed by atoms with Gasteiger partial charge in [-0.05, 0) is 18.2 Å². The molecule has 1 rings (SSSR count). The summed E-state index contributed by atoms with van der Waals surface area (Å²) in [6.07, 6.45) is 3.58. The molecule has 0 aliphatic carbocycles. The van der Waals surface area contributed by atoms with Gasteiger partial charge >= 0.3 is 5.97 Å². The van der Waals surface area contributed by atoms with E-state index in [4.69, 9.17) is 5.11 Å². The third kappa shape index (κ3) is 1.98. The summed E-state index contributed by atoms with van der Waals surface area (Å²) in [5, 5.41) is 8.58. The minimum absolute atomic E-state index is 0.304. The van der Waals surface area contributed by atoms with Crippen LogP contribution >= 0.6 is 11.8 Å². The van der Waals surface area contributed by atoms with Crippen LogP contribution in [0.15, 0.2) is 29.2 Å². The smallest absolute Gasteiger partial charge is 0.335 e. The van der Waals surface area contributed by atoms with E-state index < -0.39 is 5.97 Å². The van der Waals surface area contributed by atoms with Crippen LogP contribution in [-0.2, 0) is 0 Å². The number of rotatable bonds is 2. The minimum Gasteiger partial charge on any atom is -0.478 e. The Morgan fingerprint density at radius 1 is 1.55 bits per heavy atom. The zero-order valence-electron chi connectivity index (χ0n) is 5.78. The fourth-order valence-electron chi connectivity index (χ4n) is 0.719. The molecule has 0 saturated carbocycles. The van der Waals surface area contributed by atoms with Crippen molar-refractivity contribution in [2.75, 3.05) is 0 Å². The molecule has 3 heteroatoms. The minimum atomic E-state index is -0.902. The van der Waals surface area contributed by atoms with Crippen molar-refractivity contribution >= 4 is 17.7 Å². The standard InChI is InChI=1S/C8H7O2S/c1-11-7-4-2-3-6(5-7)8(9)10/h2-5H,1H2,(H,9,10). The number of thioether (sulfide) groups is 1. The van der Waals surface area contributed by atoms with Gasteiger partial charge in [0.25, 0.3) is 0 Å². The lowest BCUT2D eigenvalue weighted by atomic mass is 10.2. The first kappa shape index (κ1) is 8.14. The Balaban J connectivity index is 3.01. The van der Waals surface area contributed by atoms with Crippen LogP contribution in [0.25, 0.3) is 0 Å². The summed E-state index contributed by atoms with van der Waals surface area (Å²) in [7, 11) is 0. The molecule has 0 unspecified atom stereocenters. The van der Waals surface area contributed by atoms with E-state index in [2.05, 4.69) is 6.26 Å². The average Bonchev–Trinajstić information content (AvgIpc) is 2.05. The summed E-state index contributed by atoms with van der Waals surface area (Å²) in [4.78, 5) is 11.3. The summed E-state index contributed by atoms with van der Waals surface area (Å²) in [5.74, 6) is -0.902. The first-order chi connectivity index (χ1) is 5.24. The van der Waals surface area contributed by atoms with Gasteiger partial charge in [-0.2, -0.15) is 0 Å². The molecule has 0 fully saturated rings. The van der Waals surface area contributed by atoms with Crippen molar-refractivity contribution < 1.29 is 9.90 Å². The van der Waals surface area contributed by atoms with E-state index in [1.807, 2.05) is 6.07 Å². The second-order valence-corrected chi connectivity index (χ2v) is 2.74. The molecule has 1 aromatic rings. The first-order valence-electron chi connectivity index (χ1n) is 2.99. The van der Waals surface area contributed by atoms with Crippen LogP contribution in [-0.4, -0.2) is 11.1 Å². The van der Waals surface area contributed by atoms with Gasteiger partial charge in [-0.3, -0.25) is 0 Å². The molecule has 0 amide bonds. The van der Waals surface area contributed by atoms with Crippen LogP contribution < -0.4 is 0 Å². The van der Waals surface area contributed by atoms with Gasteiger partial charge in [0.05, 0.1) is 5.56 Å². The summed E-state index contributed by atoms with van der Waals surface area (Å²) in [6, 6.07) is 6.68. The van der Waals surface area contributed by atoms with Crippen molar-refractivity contribution in [2.45, 2.75) is 4.90 Å². The summed E-state index contributed by atoms with van der Waals surface area (Å²) < 4.78 is 0. The number of carboxylic acids is 1. The molecule has 1 N–H and O–H groups in total. The van der Waals surface area contributed by atoms with E-state index in [0.717, 1.165) is 4.90 Å². The van der Waals surface area contributed by atoms with E-state index >= 15 is 0 Å². The molecule has 0 heterocycles. The van der Waals surface area contributed by atoms with E-state index in [9.17, 15) is 4.79 Å². The lowest BCUT2D eigenvalue weighted by molar-refractivity contribution is 0.0696. The molecule has 57 valence electrons. The van der Waals surface area contributed by atoms with Crippen LogP contribution in [0.5, 0.6) is 0 Å². The quantitative estimate of drug-likeness (QED) is 0.686. The highest BCUT2D eigenvalue weighted by molar-refractivity contribution is 8.00. The Morgan fingerprint density at radius 3 is 2.82 bits per heavy atom. The molecule has 11 heavy (non-hydrogen) atoms. The van der Waals surface area contributed by atoms with Gasteiger partial charge < -0.3 is 5.11 Å². The highest BCUT2D eigenvalue weighted by atomic mass is 32.2. The summed E-state index contributed by atoms with van der Waals surface area (Å²) >= 11 is 1.29. The monoisotopic (exact) mass is 167 g/mol.